The summed E-state index contributed by atoms with van der Waals surface area (Å²) in [6, 6.07) is 1.58. The highest BCUT2D eigenvalue weighted by atomic mass is 28.3. The first-order valence-electron chi connectivity index (χ1n) is 7.02. The summed E-state index contributed by atoms with van der Waals surface area (Å²) in [5.41, 5.74) is 0. The van der Waals surface area contributed by atoms with Gasteiger partial charge < -0.3 is 0 Å². The van der Waals surface area contributed by atoms with Crippen LogP contribution in [0.1, 0.15) is 65.2 Å². The van der Waals surface area contributed by atoms with Gasteiger partial charge in [0.15, 0.2) is 0 Å². The minimum Gasteiger partial charge on any atom is -0.269 e. The smallest absolute Gasteiger partial charge is 0.0533 e. The number of hydrogen-bond donors (Lipinski definition) is 0. The van der Waals surface area contributed by atoms with Crippen LogP contribution in [0.2, 0.25) is 24.2 Å². The Hall–Kier alpha value is 0.147. The van der Waals surface area contributed by atoms with Gasteiger partial charge in [0, 0.05) is 0 Å². The zero-order valence-electron chi connectivity index (χ0n) is 11.8. The van der Waals surface area contributed by atoms with Crippen molar-refractivity contribution in [3.8, 4) is 0 Å². The molecule has 0 nitrogen and oxygen atoms in total. The highest BCUT2D eigenvalue weighted by molar-refractivity contribution is 6.80. The highest BCUT2D eigenvalue weighted by Crippen LogP contribution is 2.52. The second-order valence-electron chi connectivity index (χ2n) is 6.46. The Morgan fingerprint density at radius 1 is 1.06 bits per heavy atom. The molecule has 0 aromatic carbocycles. The Kier molecular flexibility index (Phi) is 6.84. The van der Waals surface area contributed by atoms with E-state index in [-0.39, 0.29) is 4.70 Å². The van der Waals surface area contributed by atoms with Crippen molar-refractivity contribution < 1.29 is 4.70 Å². The topological polar surface area (TPSA) is 0 Å². The van der Waals surface area contributed by atoms with Crippen molar-refractivity contribution in [3.63, 3.8) is 0 Å². The van der Waals surface area contributed by atoms with Crippen molar-refractivity contribution in [3.05, 3.63) is 0 Å². The van der Waals surface area contributed by atoms with Crippen LogP contribution in [0.15, 0.2) is 0 Å². The first kappa shape index (κ1) is 16.1. The first-order valence-corrected chi connectivity index (χ1v) is 10.2. The van der Waals surface area contributed by atoms with E-state index >= 15 is 0 Å². The molecule has 1 atom stereocenters. The summed E-state index contributed by atoms with van der Waals surface area (Å²) < 4.78 is 0. The van der Waals surface area contributed by atoms with E-state index in [4.69, 9.17) is 0 Å². The van der Waals surface area contributed by atoms with Crippen LogP contribution >= 0.6 is 0 Å². The van der Waals surface area contributed by atoms with Crippen molar-refractivity contribution in [2.45, 2.75) is 89.4 Å². The lowest BCUT2D eigenvalue weighted by atomic mass is 9.95. The Balaban J connectivity index is 0.00000225. The third-order valence-electron chi connectivity index (χ3n) is 5.00. The molecule has 1 rings (SSSR count). The van der Waals surface area contributed by atoms with Gasteiger partial charge in [-0.1, -0.05) is 84.4 Å². The molecule has 0 aromatic heterocycles. The van der Waals surface area contributed by atoms with E-state index in [2.05, 4.69) is 26.9 Å². The number of rotatable bonds is 5. The van der Waals surface area contributed by atoms with Crippen LogP contribution in [0.3, 0.4) is 0 Å². The third kappa shape index (κ3) is 3.87. The molecule has 1 heterocycles. The largest absolute Gasteiger partial charge is 0.269 e. The Labute approximate surface area is 103 Å². The normalized spacial score (nSPS) is 28.5. The molecular weight excluding hydrogens is 215 g/mol. The standard InChI is InChI=1S/C14H30Si.FH/c1-5-6-7-8-11-14(2)12-9-10-13-15(14,3)4;/h5-13H2,1-4H3;1H. The fraction of sp³-hybridized carbons (Fsp3) is 1.00. The van der Waals surface area contributed by atoms with Gasteiger partial charge in [0.2, 0.25) is 0 Å². The summed E-state index contributed by atoms with van der Waals surface area (Å²) in [5.74, 6) is 0. The zero-order chi connectivity index (χ0) is 11.4. The fourth-order valence-corrected chi connectivity index (χ4v) is 6.57. The van der Waals surface area contributed by atoms with Gasteiger partial charge in [0.25, 0.3) is 0 Å². The average molecular weight is 246 g/mol. The number of halogens is 1. The van der Waals surface area contributed by atoms with Gasteiger partial charge >= 0.3 is 0 Å². The molecule has 0 N–H and O–H groups in total. The molecule has 0 aromatic rings. The van der Waals surface area contributed by atoms with E-state index in [1.165, 1.54) is 51.4 Å². The summed E-state index contributed by atoms with van der Waals surface area (Å²) in [6.45, 7) is 10.2. The molecule has 2 heteroatoms. The summed E-state index contributed by atoms with van der Waals surface area (Å²) in [4.78, 5) is 0. The molecule has 16 heavy (non-hydrogen) atoms. The fourth-order valence-electron chi connectivity index (χ4n) is 3.13. The molecule has 0 radical (unpaired) electrons. The van der Waals surface area contributed by atoms with Crippen LogP contribution in [-0.2, 0) is 0 Å². The molecule has 1 aliphatic rings. The summed E-state index contributed by atoms with van der Waals surface area (Å²) >= 11 is 0. The predicted molar refractivity (Wildman–Crippen MR) is 75.8 cm³/mol. The van der Waals surface area contributed by atoms with Crippen LogP contribution in [-0.4, -0.2) is 8.07 Å². The van der Waals surface area contributed by atoms with Crippen LogP contribution in [0.5, 0.6) is 0 Å². The lowest BCUT2D eigenvalue weighted by Crippen LogP contribution is -2.43. The third-order valence-corrected chi connectivity index (χ3v) is 10.4. The Morgan fingerprint density at radius 2 is 1.75 bits per heavy atom. The van der Waals surface area contributed by atoms with Gasteiger partial charge in [-0.15, -0.1) is 0 Å². The van der Waals surface area contributed by atoms with Crippen molar-refractivity contribution in [1.29, 1.82) is 0 Å². The monoisotopic (exact) mass is 246 g/mol. The second kappa shape index (κ2) is 6.78. The molecular formula is C14H31FSi. The lowest BCUT2D eigenvalue weighted by molar-refractivity contribution is 0.423. The molecule has 0 amide bonds. The summed E-state index contributed by atoms with van der Waals surface area (Å²) in [7, 11) is -0.904. The van der Waals surface area contributed by atoms with Crippen molar-refractivity contribution in [1.82, 2.24) is 0 Å². The van der Waals surface area contributed by atoms with Crippen molar-refractivity contribution in [2.75, 3.05) is 0 Å². The molecule has 1 fully saturated rings. The molecule has 1 saturated heterocycles. The highest BCUT2D eigenvalue weighted by Gasteiger charge is 2.43. The van der Waals surface area contributed by atoms with E-state index in [0.717, 1.165) is 5.04 Å². The quantitative estimate of drug-likeness (QED) is 0.427. The average Bonchev–Trinajstić information content (AvgIpc) is 2.18. The minimum atomic E-state index is -0.904. The SMILES string of the molecule is CCCCCCC1(C)CCCC[Si]1(C)C.F. The molecule has 0 saturated carbocycles. The van der Waals surface area contributed by atoms with Gasteiger partial charge in [-0.05, 0) is 5.04 Å². The predicted octanol–water partition coefficient (Wildman–Crippen LogP) is 5.76. The lowest BCUT2D eigenvalue weighted by Gasteiger charge is -2.47. The maximum absolute atomic E-state index is 2.63. The van der Waals surface area contributed by atoms with Crippen LogP contribution < -0.4 is 0 Å². The summed E-state index contributed by atoms with van der Waals surface area (Å²) in [5, 5.41) is 0.763. The zero-order valence-corrected chi connectivity index (χ0v) is 12.8. The molecule has 0 spiro atoms. The van der Waals surface area contributed by atoms with Gasteiger partial charge in [0.1, 0.15) is 0 Å². The van der Waals surface area contributed by atoms with Crippen LogP contribution in [0.4, 0.5) is 4.70 Å². The minimum absolute atomic E-state index is 0. The van der Waals surface area contributed by atoms with Crippen LogP contribution in [0, 0.1) is 0 Å². The van der Waals surface area contributed by atoms with E-state index in [9.17, 15) is 0 Å². The van der Waals surface area contributed by atoms with E-state index in [1.54, 1.807) is 6.04 Å². The maximum Gasteiger partial charge on any atom is 0.0533 e. The Bertz CT molecular complexity index is 191. The van der Waals surface area contributed by atoms with Gasteiger partial charge in [-0.2, -0.15) is 0 Å². The van der Waals surface area contributed by atoms with Crippen LogP contribution in [0.25, 0.3) is 0 Å². The molecule has 0 aliphatic carbocycles. The Morgan fingerprint density at radius 3 is 2.31 bits per heavy atom. The van der Waals surface area contributed by atoms with Gasteiger partial charge in [-0.25, -0.2) is 0 Å². The first-order chi connectivity index (χ1) is 7.02. The second-order valence-corrected chi connectivity index (χ2v) is 11.9. The molecule has 1 unspecified atom stereocenters. The van der Waals surface area contributed by atoms with Crippen molar-refractivity contribution >= 4 is 8.07 Å². The van der Waals surface area contributed by atoms with E-state index in [1.807, 2.05) is 0 Å². The van der Waals surface area contributed by atoms with E-state index < -0.39 is 8.07 Å². The maximum atomic E-state index is 2.63. The summed E-state index contributed by atoms with van der Waals surface area (Å²) in [6.07, 6.45) is 11.8. The number of hydrogen-bond acceptors (Lipinski definition) is 0. The van der Waals surface area contributed by atoms with Gasteiger partial charge in [-0.3, -0.25) is 4.70 Å². The molecule has 98 valence electrons. The van der Waals surface area contributed by atoms with Crippen molar-refractivity contribution in [2.24, 2.45) is 0 Å². The molecule has 1 aliphatic heterocycles. The van der Waals surface area contributed by atoms with Gasteiger partial charge in [0.05, 0.1) is 8.07 Å². The molecule has 0 bridgehead atoms. The van der Waals surface area contributed by atoms with E-state index in [0.29, 0.717) is 0 Å². The number of unbranched alkanes of at least 4 members (excludes halogenated alkanes) is 3.